The average Bonchev–Trinajstić information content (AvgIpc) is 2.54. The molecule has 0 saturated carbocycles. The Bertz CT molecular complexity index is 571. The van der Waals surface area contributed by atoms with Crippen LogP contribution < -0.4 is 0 Å². The molecule has 1 atom stereocenters. The summed E-state index contributed by atoms with van der Waals surface area (Å²) < 4.78 is 39.1. The van der Waals surface area contributed by atoms with Gasteiger partial charge in [-0.2, -0.15) is 13.2 Å². The van der Waals surface area contributed by atoms with E-state index in [4.69, 9.17) is 0 Å². The van der Waals surface area contributed by atoms with E-state index in [1.807, 2.05) is 16.7 Å². The maximum Gasteiger partial charge on any atom is 0.414 e. The van der Waals surface area contributed by atoms with Gasteiger partial charge >= 0.3 is 6.18 Å². The van der Waals surface area contributed by atoms with E-state index in [1.165, 1.54) is 0 Å². The van der Waals surface area contributed by atoms with Gasteiger partial charge in [0, 0.05) is 30.1 Å². The third-order valence-corrected chi connectivity index (χ3v) is 3.31. The van der Waals surface area contributed by atoms with Crippen molar-refractivity contribution < 1.29 is 18.3 Å². The van der Waals surface area contributed by atoms with Crippen LogP contribution in [0.15, 0.2) is 24.3 Å². The first-order valence-electron chi connectivity index (χ1n) is 5.60. The van der Waals surface area contributed by atoms with Crippen molar-refractivity contribution >= 4 is 10.9 Å². The van der Waals surface area contributed by atoms with Crippen molar-refractivity contribution in [2.24, 2.45) is 7.05 Å². The second-order valence-electron chi connectivity index (χ2n) is 4.40. The van der Waals surface area contributed by atoms with Crippen LogP contribution in [0.2, 0.25) is 0 Å². The minimum absolute atomic E-state index is 0.406. The van der Waals surface area contributed by atoms with Gasteiger partial charge in [0.25, 0.3) is 0 Å². The largest absolute Gasteiger partial charge is 0.414 e. The Kier molecular flexibility index (Phi) is 3.11. The fourth-order valence-electron chi connectivity index (χ4n) is 2.17. The summed E-state index contributed by atoms with van der Waals surface area (Å²) in [5.74, 6) is 0. The molecular weight excluding hydrogens is 243 g/mol. The van der Waals surface area contributed by atoms with Crippen molar-refractivity contribution in [2.45, 2.75) is 25.6 Å². The molecule has 0 spiro atoms. The smallest absolute Gasteiger partial charge is 0.383 e. The van der Waals surface area contributed by atoms with Gasteiger partial charge in [-0.15, -0.1) is 0 Å². The fraction of sp³-hybridized carbons (Fsp3) is 0.385. The summed E-state index contributed by atoms with van der Waals surface area (Å²) in [7, 11) is 1.81. The molecule has 0 amide bonds. The number of para-hydroxylation sites is 1. The van der Waals surface area contributed by atoms with Crippen LogP contribution in [0.3, 0.4) is 0 Å². The Hall–Kier alpha value is -1.49. The molecule has 18 heavy (non-hydrogen) atoms. The van der Waals surface area contributed by atoms with Crippen LogP contribution in [0.1, 0.15) is 11.3 Å². The summed E-state index contributed by atoms with van der Waals surface area (Å²) in [5, 5.41) is 9.96. The van der Waals surface area contributed by atoms with Crippen molar-refractivity contribution in [3.8, 4) is 0 Å². The molecule has 0 aliphatic carbocycles. The van der Waals surface area contributed by atoms with Gasteiger partial charge in [-0.1, -0.05) is 18.2 Å². The maximum absolute atomic E-state index is 12.4. The lowest BCUT2D eigenvalue weighted by Crippen LogP contribution is -2.30. The Labute approximate surface area is 103 Å². The number of aliphatic hydroxyl groups excluding tert-OH is 1. The molecule has 1 unspecified atom stereocenters. The molecule has 1 aromatic heterocycles. The SMILES string of the molecule is Cc1c(CC(O)C(F)(F)F)c2ccccc2n1C. The number of hydrogen-bond acceptors (Lipinski definition) is 1. The van der Waals surface area contributed by atoms with E-state index >= 15 is 0 Å². The number of nitrogens with zero attached hydrogens (tertiary/aromatic N) is 1. The molecule has 1 aromatic carbocycles. The molecule has 2 nitrogen and oxygen atoms in total. The van der Waals surface area contributed by atoms with Crippen LogP contribution in [0.5, 0.6) is 0 Å². The maximum atomic E-state index is 12.4. The highest BCUT2D eigenvalue weighted by atomic mass is 19.4. The lowest BCUT2D eigenvalue weighted by atomic mass is 10.0. The second kappa shape index (κ2) is 4.31. The summed E-state index contributed by atoms with van der Waals surface area (Å²) in [4.78, 5) is 0. The molecule has 0 bridgehead atoms. The molecule has 0 saturated heterocycles. The number of aryl methyl sites for hydroxylation is 1. The first kappa shape index (κ1) is 13.0. The molecule has 0 radical (unpaired) electrons. The van der Waals surface area contributed by atoms with Gasteiger partial charge in [0.2, 0.25) is 0 Å². The fourth-order valence-corrected chi connectivity index (χ4v) is 2.17. The van der Waals surface area contributed by atoms with E-state index in [9.17, 15) is 18.3 Å². The molecule has 0 fully saturated rings. The van der Waals surface area contributed by atoms with Gasteiger partial charge in [0.15, 0.2) is 6.10 Å². The average molecular weight is 257 g/mol. The number of rotatable bonds is 2. The predicted molar refractivity (Wildman–Crippen MR) is 63.4 cm³/mol. The second-order valence-corrected chi connectivity index (χ2v) is 4.40. The Morgan fingerprint density at radius 2 is 1.89 bits per heavy atom. The van der Waals surface area contributed by atoms with Crippen molar-refractivity contribution in [3.63, 3.8) is 0 Å². The summed E-state index contributed by atoms with van der Waals surface area (Å²) >= 11 is 0. The van der Waals surface area contributed by atoms with E-state index in [0.29, 0.717) is 5.56 Å². The molecule has 98 valence electrons. The minimum Gasteiger partial charge on any atom is -0.383 e. The lowest BCUT2D eigenvalue weighted by molar-refractivity contribution is -0.203. The van der Waals surface area contributed by atoms with Gasteiger partial charge in [-0.25, -0.2) is 0 Å². The Morgan fingerprint density at radius 3 is 2.50 bits per heavy atom. The van der Waals surface area contributed by atoms with Crippen LogP contribution in [-0.2, 0) is 13.5 Å². The number of aliphatic hydroxyl groups is 1. The molecule has 0 aliphatic rings. The number of hydrogen-bond donors (Lipinski definition) is 1. The zero-order valence-corrected chi connectivity index (χ0v) is 10.1. The third-order valence-electron chi connectivity index (χ3n) is 3.31. The number of benzene rings is 1. The highest BCUT2D eigenvalue weighted by molar-refractivity contribution is 5.85. The van der Waals surface area contributed by atoms with E-state index in [1.54, 1.807) is 26.1 Å². The van der Waals surface area contributed by atoms with E-state index < -0.39 is 18.7 Å². The van der Waals surface area contributed by atoms with Gasteiger partial charge in [0.05, 0.1) is 0 Å². The van der Waals surface area contributed by atoms with Crippen LogP contribution in [0.25, 0.3) is 10.9 Å². The van der Waals surface area contributed by atoms with Crippen LogP contribution in [0, 0.1) is 6.92 Å². The molecule has 0 aliphatic heterocycles. The van der Waals surface area contributed by atoms with Crippen molar-refractivity contribution in [2.75, 3.05) is 0 Å². The number of aromatic nitrogens is 1. The van der Waals surface area contributed by atoms with Gasteiger partial charge < -0.3 is 9.67 Å². The first-order chi connectivity index (χ1) is 8.32. The molecule has 5 heteroatoms. The van der Waals surface area contributed by atoms with Crippen molar-refractivity contribution in [3.05, 3.63) is 35.5 Å². The Balaban J connectivity index is 2.48. The summed E-state index contributed by atoms with van der Waals surface area (Å²) in [6.07, 6.45) is -7.30. The van der Waals surface area contributed by atoms with Crippen molar-refractivity contribution in [1.82, 2.24) is 4.57 Å². The first-order valence-corrected chi connectivity index (χ1v) is 5.60. The number of alkyl halides is 3. The number of halogens is 3. The predicted octanol–water partition coefficient (Wildman–Crippen LogP) is 2.95. The highest BCUT2D eigenvalue weighted by Gasteiger charge is 2.38. The molecule has 2 aromatic rings. The molecular formula is C13H14F3NO. The third kappa shape index (κ3) is 2.10. The quantitative estimate of drug-likeness (QED) is 0.879. The normalized spacial score (nSPS) is 14.1. The van der Waals surface area contributed by atoms with Gasteiger partial charge in [-0.3, -0.25) is 0 Å². The zero-order valence-electron chi connectivity index (χ0n) is 10.1. The zero-order chi connectivity index (χ0) is 13.5. The number of fused-ring (bicyclic) bond motifs is 1. The monoisotopic (exact) mass is 257 g/mol. The van der Waals surface area contributed by atoms with Crippen LogP contribution in [0.4, 0.5) is 13.2 Å². The van der Waals surface area contributed by atoms with Crippen LogP contribution >= 0.6 is 0 Å². The summed E-state index contributed by atoms with van der Waals surface area (Å²) in [6, 6.07) is 7.25. The highest BCUT2D eigenvalue weighted by Crippen LogP contribution is 2.29. The Morgan fingerprint density at radius 1 is 1.28 bits per heavy atom. The standard InChI is InChI=1S/C13H14F3NO/c1-8-10(7-12(18)13(14,15)16)9-5-3-4-6-11(9)17(8)2/h3-6,12,18H,7H2,1-2H3. The molecule has 1 N–H and O–H groups in total. The molecule has 1 heterocycles. The van der Waals surface area contributed by atoms with Gasteiger partial charge in [-0.05, 0) is 18.6 Å². The van der Waals surface area contributed by atoms with E-state index in [-0.39, 0.29) is 0 Å². The van der Waals surface area contributed by atoms with Crippen molar-refractivity contribution in [1.29, 1.82) is 0 Å². The van der Waals surface area contributed by atoms with Crippen LogP contribution in [-0.4, -0.2) is 22.0 Å². The summed E-state index contributed by atoms with van der Waals surface area (Å²) in [5.41, 5.74) is 2.18. The lowest BCUT2D eigenvalue weighted by Gasteiger charge is -2.14. The van der Waals surface area contributed by atoms with E-state index in [0.717, 1.165) is 16.6 Å². The molecule has 2 rings (SSSR count). The summed E-state index contributed by atoms with van der Waals surface area (Å²) in [6.45, 7) is 1.76. The van der Waals surface area contributed by atoms with Gasteiger partial charge in [0.1, 0.15) is 0 Å². The minimum atomic E-state index is -4.58. The van der Waals surface area contributed by atoms with E-state index in [2.05, 4.69) is 0 Å². The topological polar surface area (TPSA) is 25.2 Å².